The molecule has 3 heterocycles. The Kier molecular flexibility index (Phi) is 3.39. The lowest BCUT2D eigenvalue weighted by atomic mass is 10.00. The van der Waals surface area contributed by atoms with E-state index in [1.54, 1.807) is 18.6 Å². The van der Waals surface area contributed by atoms with Crippen LogP contribution in [0.1, 0.15) is 22.4 Å². The van der Waals surface area contributed by atoms with Crippen LogP contribution in [-0.2, 0) is 17.6 Å². The molecule has 0 spiro atoms. The minimum absolute atomic E-state index is 0.000865. The lowest BCUT2D eigenvalue weighted by Crippen LogP contribution is -2.02. The summed E-state index contributed by atoms with van der Waals surface area (Å²) in [5, 5.41) is 10.0. The van der Waals surface area contributed by atoms with Crippen LogP contribution in [0, 0.1) is 6.92 Å². The van der Waals surface area contributed by atoms with Gasteiger partial charge in [0.25, 0.3) is 0 Å². The Balaban J connectivity index is 2.12. The van der Waals surface area contributed by atoms with Crippen molar-refractivity contribution < 1.29 is 9.90 Å². The molecule has 2 N–H and O–H groups in total. The van der Waals surface area contributed by atoms with Gasteiger partial charge < -0.3 is 10.1 Å². The molecule has 0 fully saturated rings. The molecule has 0 aliphatic rings. The first-order valence-corrected chi connectivity index (χ1v) is 6.71. The van der Waals surface area contributed by atoms with Gasteiger partial charge in [0.1, 0.15) is 5.65 Å². The Hall–Kier alpha value is -2.69. The van der Waals surface area contributed by atoms with Crippen molar-refractivity contribution in [1.29, 1.82) is 0 Å². The third kappa shape index (κ3) is 2.63. The molecular formula is C16H15N3O2. The number of rotatable bonds is 4. The number of carbonyl (C=O) groups is 1. The van der Waals surface area contributed by atoms with Gasteiger partial charge in [-0.25, -0.2) is 4.98 Å². The average Bonchev–Trinajstić information content (AvgIpc) is 2.77. The summed E-state index contributed by atoms with van der Waals surface area (Å²) in [7, 11) is 0. The first-order chi connectivity index (χ1) is 10.1. The van der Waals surface area contributed by atoms with Gasteiger partial charge >= 0.3 is 5.97 Å². The standard InChI is InChI=1S/C16H15N3O2/c1-10-13(9-14(20)21)15-12(4-7-18-16(15)19-10)8-11-2-5-17-6-3-11/h2-7H,8-9H2,1H3,(H,18,19)(H,20,21). The van der Waals surface area contributed by atoms with E-state index in [1.165, 1.54) is 0 Å². The SMILES string of the molecule is Cc1[nH]c2nccc(Cc3ccncc3)c2c1CC(=O)O. The van der Waals surface area contributed by atoms with Gasteiger partial charge in [-0.05, 0) is 48.2 Å². The topological polar surface area (TPSA) is 78.9 Å². The van der Waals surface area contributed by atoms with Crippen molar-refractivity contribution in [3.63, 3.8) is 0 Å². The molecule has 0 radical (unpaired) electrons. The van der Waals surface area contributed by atoms with Gasteiger partial charge in [-0.15, -0.1) is 0 Å². The number of fused-ring (bicyclic) bond motifs is 1. The van der Waals surface area contributed by atoms with Crippen LogP contribution in [0.25, 0.3) is 11.0 Å². The van der Waals surface area contributed by atoms with Crippen LogP contribution in [0.15, 0.2) is 36.8 Å². The minimum Gasteiger partial charge on any atom is -0.481 e. The number of aryl methyl sites for hydroxylation is 1. The predicted octanol–water partition coefficient (Wildman–Crippen LogP) is 2.48. The fraction of sp³-hybridized carbons (Fsp3) is 0.188. The first kappa shape index (κ1) is 13.3. The van der Waals surface area contributed by atoms with E-state index in [-0.39, 0.29) is 6.42 Å². The number of hydrogen-bond acceptors (Lipinski definition) is 3. The van der Waals surface area contributed by atoms with Crippen LogP contribution in [0.5, 0.6) is 0 Å². The van der Waals surface area contributed by atoms with Crippen molar-refractivity contribution in [2.75, 3.05) is 0 Å². The second kappa shape index (κ2) is 5.36. The van der Waals surface area contributed by atoms with Crippen molar-refractivity contribution in [3.8, 4) is 0 Å². The molecule has 3 rings (SSSR count). The third-order valence-corrected chi connectivity index (χ3v) is 3.57. The van der Waals surface area contributed by atoms with Crippen LogP contribution in [0.4, 0.5) is 0 Å². The van der Waals surface area contributed by atoms with Crippen molar-refractivity contribution in [2.24, 2.45) is 0 Å². The lowest BCUT2D eigenvalue weighted by molar-refractivity contribution is -0.136. The van der Waals surface area contributed by atoms with Gasteiger partial charge in [-0.3, -0.25) is 9.78 Å². The van der Waals surface area contributed by atoms with E-state index in [0.29, 0.717) is 0 Å². The third-order valence-electron chi connectivity index (χ3n) is 3.57. The summed E-state index contributed by atoms with van der Waals surface area (Å²) in [5.74, 6) is -0.835. The number of nitrogens with one attached hydrogen (secondary N) is 1. The number of hydrogen-bond donors (Lipinski definition) is 2. The highest BCUT2D eigenvalue weighted by Gasteiger charge is 2.15. The largest absolute Gasteiger partial charge is 0.481 e. The molecule has 0 saturated carbocycles. The summed E-state index contributed by atoms with van der Waals surface area (Å²) in [6.07, 6.45) is 5.99. The molecule has 0 aliphatic heterocycles. The highest BCUT2D eigenvalue weighted by molar-refractivity contribution is 5.88. The van der Waals surface area contributed by atoms with Crippen molar-refractivity contribution in [2.45, 2.75) is 19.8 Å². The number of H-pyrrole nitrogens is 1. The smallest absolute Gasteiger partial charge is 0.307 e. The van der Waals surface area contributed by atoms with E-state index in [2.05, 4.69) is 15.0 Å². The Morgan fingerprint density at radius 2 is 2.00 bits per heavy atom. The molecule has 0 aromatic carbocycles. The summed E-state index contributed by atoms with van der Waals surface area (Å²) in [4.78, 5) is 22.6. The molecule has 106 valence electrons. The van der Waals surface area contributed by atoms with Gasteiger partial charge in [0.05, 0.1) is 6.42 Å². The van der Waals surface area contributed by atoms with E-state index in [9.17, 15) is 4.79 Å². The number of aliphatic carboxylic acids is 1. The molecule has 5 heteroatoms. The van der Waals surface area contributed by atoms with E-state index < -0.39 is 5.97 Å². The van der Waals surface area contributed by atoms with Crippen LogP contribution in [0.2, 0.25) is 0 Å². The second-order valence-corrected chi connectivity index (χ2v) is 5.02. The zero-order valence-corrected chi connectivity index (χ0v) is 11.6. The summed E-state index contributed by atoms with van der Waals surface area (Å²) in [5.41, 5.74) is 4.64. The Morgan fingerprint density at radius 3 is 2.71 bits per heavy atom. The first-order valence-electron chi connectivity index (χ1n) is 6.71. The van der Waals surface area contributed by atoms with Crippen molar-refractivity contribution in [1.82, 2.24) is 15.0 Å². The monoisotopic (exact) mass is 281 g/mol. The number of aromatic amines is 1. The van der Waals surface area contributed by atoms with E-state index in [4.69, 9.17) is 5.11 Å². The van der Waals surface area contributed by atoms with Gasteiger partial charge in [0, 0.05) is 29.7 Å². The van der Waals surface area contributed by atoms with Crippen LogP contribution in [-0.4, -0.2) is 26.0 Å². The van der Waals surface area contributed by atoms with Gasteiger partial charge in [-0.2, -0.15) is 0 Å². The number of pyridine rings is 2. The fourth-order valence-electron chi connectivity index (χ4n) is 2.61. The minimum atomic E-state index is -0.835. The molecule has 0 aliphatic carbocycles. The van der Waals surface area contributed by atoms with Gasteiger partial charge in [0.15, 0.2) is 0 Å². The summed E-state index contributed by atoms with van der Waals surface area (Å²) in [6, 6.07) is 5.87. The summed E-state index contributed by atoms with van der Waals surface area (Å²) < 4.78 is 0. The van der Waals surface area contributed by atoms with Crippen LogP contribution < -0.4 is 0 Å². The molecule has 5 nitrogen and oxygen atoms in total. The average molecular weight is 281 g/mol. The maximum atomic E-state index is 11.1. The number of aromatic nitrogens is 3. The molecule has 0 amide bonds. The quantitative estimate of drug-likeness (QED) is 0.770. The molecule has 0 saturated heterocycles. The molecule has 21 heavy (non-hydrogen) atoms. The summed E-state index contributed by atoms with van der Waals surface area (Å²) in [6.45, 7) is 1.89. The van der Waals surface area contributed by atoms with Crippen molar-refractivity contribution in [3.05, 3.63) is 59.2 Å². The van der Waals surface area contributed by atoms with Crippen LogP contribution in [0.3, 0.4) is 0 Å². The maximum Gasteiger partial charge on any atom is 0.307 e. The molecule has 0 atom stereocenters. The maximum absolute atomic E-state index is 11.1. The summed E-state index contributed by atoms with van der Waals surface area (Å²) >= 11 is 0. The Morgan fingerprint density at radius 1 is 1.24 bits per heavy atom. The van der Waals surface area contributed by atoms with E-state index >= 15 is 0 Å². The normalized spacial score (nSPS) is 10.9. The zero-order chi connectivity index (χ0) is 14.8. The van der Waals surface area contributed by atoms with Gasteiger partial charge in [-0.1, -0.05) is 0 Å². The Labute approximate surface area is 121 Å². The van der Waals surface area contributed by atoms with Crippen LogP contribution >= 0.6 is 0 Å². The Bertz CT molecular complexity index is 794. The number of nitrogens with zero attached hydrogens (tertiary/aromatic N) is 2. The highest BCUT2D eigenvalue weighted by Crippen LogP contribution is 2.26. The number of carboxylic acids is 1. The molecule has 3 aromatic rings. The molecule has 0 unspecified atom stereocenters. The predicted molar refractivity (Wildman–Crippen MR) is 79.2 cm³/mol. The molecule has 0 bridgehead atoms. The fourth-order valence-corrected chi connectivity index (χ4v) is 2.61. The lowest BCUT2D eigenvalue weighted by Gasteiger charge is -2.05. The molecular weight excluding hydrogens is 266 g/mol. The van der Waals surface area contributed by atoms with E-state index in [0.717, 1.165) is 39.8 Å². The van der Waals surface area contributed by atoms with Gasteiger partial charge in [0.2, 0.25) is 0 Å². The van der Waals surface area contributed by atoms with E-state index in [1.807, 2.05) is 25.1 Å². The zero-order valence-electron chi connectivity index (χ0n) is 11.6. The highest BCUT2D eigenvalue weighted by atomic mass is 16.4. The van der Waals surface area contributed by atoms with Crippen molar-refractivity contribution >= 4 is 17.0 Å². The number of carboxylic acid groups (broad SMARTS) is 1. The molecule has 3 aromatic heterocycles. The second-order valence-electron chi connectivity index (χ2n) is 5.02.